The molecule has 6 heteroatoms. The Kier molecular flexibility index (Phi) is 5.66. The van der Waals surface area contributed by atoms with Gasteiger partial charge in [0.2, 0.25) is 0 Å². The number of hydrogen-bond donors (Lipinski definition) is 2. The Morgan fingerprint density at radius 2 is 2.05 bits per heavy atom. The average molecular weight is 340 g/mol. The average Bonchev–Trinajstić information content (AvgIpc) is 2.46. The molecular formula is C16H15Cl2NO3. The van der Waals surface area contributed by atoms with Gasteiger partial charge in [0, 0.05) is 10.7 Å². The molecule has 0 fully saturated rings. The Bertz CT molecular complexity index is 674. The molecule has 0 heterocycles. The van der Waals surface area contributed by atoms with Gasteiger partial charge in [-0.3, -0.25) is 4.79 Å². The summed E-state index contributed by atoms with van der Waals surface area (Å²) in [6.45, 7) is 1.48. The maximum Gasteiger partial charge on any atom is 0.262 e. The molecule has 1 atom stereocenters. The summed E-state index contributed by atoms with van der Waals surface area (Å²) in [7, 11) is 0. The van der Waals surface area contributed by atoms with Gasteiger partial charge in [-0.25, -0.2) is 0 Å². The summed E-state index contributed by atoms with van der Waals surface area (Å²) in [5, 5.41) is 13.1. The lowest BCUT2D eigenvalue weighted by atomic mass is 10.1. The second-order valence-corrected chi connectivity index (χ2v) is 5.56. The Morgan fingerprint density at radius 3 is 2.73 bits per heavy atom. The number of halogens is 2. The summed E-state index contributed by atoms with van der Waals surface area (Å²) in [5.74, 6) is 0.0627. The van der Waals surface area contributed by atoms with Gasteiger partial charge in [-0.2, -0.15) is 0 Å². The van der Waals surface area contributed by atoms with Crippen molar-refractivity contribution in [3.8, 4) is 5.75 Å². The van der Waals surface area contributed by atoms with Gasteiger partial charge in [-0.05, 0) is 42.8 Å². The van der Waals surface area contributed by atoms with E-state index in [0.717, 1.165) is 5.56 Å². The van der Waals surface area contributed by atoms with Crippen LogP contribution in [0.4, 0.5) is 5.69 Å². The molecule has 22 heavy (non-hydrogen) atoms. The maximum atomic E-state index is 11.9. The monoisotopic (exact) mass is 339 g/mol. The summed E-state index contributed by atoms with van der Waals surface area (Å²) in [4.78, 5) is 11.9. The number of anilines is 1. The number of benzene rings is 2. The highest BCUT2D eigenvalue weighted by Gasteiger charge is 2.08. The van der Waals surface area contributed by atoms with Crippen LogP contribution in [0.2, 0.25) is 10.0 Å². The van der Waals surface area contributed by atoms with Crippen molar-refractivity contribution in [1.29, 1.82) is 0 Å². The SMILES string of the molecule is C[C@H](O)c1cccc(NC(=O)COc2ccc(Cl)cc2Cl)c1. The number of ether oxygens (including phenoxy) is 1. The quantitative estimate of drug-likeness (QED) is 0.863. The van der Waals surface area contributed by atoms with Crippen molar-refractivity contribution >= 4 is 34.8 Å². The van der Waals surface area contributed by atoms with Crippen LogP contribution in [0.5, 0.6) is 5.75 Å². The van der Waals surface area contributed by atoms with Crippen LogP contribution in [0, 0.1) is 0 Å². The molecule has 2 aromatic rings. The predicted molar refractivity (Wildman–Crippen MR) is 87.7 cm³/mol. The number of carbonyl (C=O) groups excluding carboxylic acids is 1. The topological polar surface area (TPSA) is 58.6 Å². The summed E-state index contributed by atoms with van der Waals surface area (Å²) in [6.07, 6.45) is -0.596. The Balaban J connectivity index is 1.94. The van der Waals surface area contributed by atoms with E-state index in [1.54, 1.807) is 49.4 Å². The summed E-state index contributed by atoms with van der Waals surface area (Å²) < 4.78 is 5.35. The van der Waals surface area contributed by atoms with E-state index in [4.69, 9.17) is 27.9 Å². The van der Waals surface area contributed by atoms with E-state index in [2.05, 4.69) is 5.32 Å². The summed E-state index contributed by atoms with van der Waals surface area (Å²) in [6, 6.07) is 11.8. The van der Waals surface area contributed by atoms with Gasteiger partial charge in [0.05, 0.1) is 11.1 Å². The Morgan fingerprint density at radius 1 is 1.27 bits per heavy atom. The molecule has 2 aromatic carbocycles. The van der Waals surface area contributed by atoms with Crippen LogP contribution >= 0.6 is 23.2 Å². The van der Waals surface area contributed by atoms with E-state index in [1.165, 1.54) is 0 Å². The largest absolute Gasteiger partial charge is 0.482 e. The van der Waals surface area contributed by atoms with Crippen LogP contribution in [0.1, 0.15) is 18.6 Å². The molecule has 0 unspecified atom stereocenters. The van der Waals surface area contributed by atoms with Crippen molar-refractivity contribution in [2.75, 3.05) is 11.9 Å². The molecule has 0 saturated heterocycles. The van der Waals surface area contributed by atoms with Gasteiger partial charge in [-0.15, -0.1) is 0 Å². The summed E-state index contributed by atoms with van der Waals surface area (Å²) in [5.41, 5.74) is 1.31. The molecule has 2 rings (SSSR count). The zero-order valence-corrected chi connectivity index (χ0v) is 13.4. The van der Waals surface area contributed by atoms with E-state index in [9.17, 15) is 9.90 Å². The van der Waals surface area contributed by atoms with Crippen molar-refractivity contribution < 1.29 is 14.6 Å². The number of aliphatic hydroxyl groups is 1. The number of carbonyl (C=O) groups is 1. The first-order valence-corrected chi connectivity index (χ1v) is 7.37. The highest BCUT2D eigenvalue weighted by Crippen LogP contribution is 2.27. The lowest BCUT2D eigenvalue weighted by Gasteiger charge is -2.10. The Labute approximate surface area is 138 Å². The lowest BCUT2D eigenvalue weighted by Crippen LogP contribution is -2.20. The van der Waals surface area contributed by atoms with Crippen molar-refractivity contribution in [3.63, 3.8) is 0 Å². The number of rotatable bonds is 5. The standard InChI is InChI=1S/C16H15Cl2NO3/c1-10(20)11-3-2-4-13(7-11)19-16(21)9-22-15-6-5-12(17)8-14(15)18/h2-8,10,20H,9H2,1H3,(H,19,21)/t10-/m0/s1. The van der Waals surface area contributed by atoms with Crippen molar-refractivity contribution in [1.82, 2.24) is 0 Å². The molecule has 4 nitrogen and oxygen atoms in total. The highest BCUT2D eigenvalue weighted by atomic mass is 35.5. The van der Waals surface area contributed by atoms with Crippen LogP contribution in [0.25, 0.3) is 0 Å². The van der Waals surface area contributed by atoms with E-state index >= 15 is 0 Å². The minimum atomic E-state index is -0.596. The smallest absolute Gasteiger partial charge is 0.262 e. The van der Waals surface area contributed by atoms with Gasteiger partial charge in [0.25, 0.3) is 5.91 Å². The second kappa shape index (κ2) is 7.49. The van der Waals surface area contributed by atoms with Crippen molar-refractivity contribution in [2.45, 2.75) is 13.0 Å². The first-order valence-electron chi connectivity index (χ1n) is 6.61. The third-order valence-electron chi connectivity index (χ3n) is 2.91. The molecule has 0 radical (unpaired) electrons. The maximum absolute atomic E-state index is 11.9. The third kappa shape index (κ3) is 4.63. The number of aliphatic hydroxyl groups excluding tert-OH is 1. The molecule has 116 valence electrons. The second-order valence-electron chi connectivity index (χ2n) is 4.71. The fourth-order valence-electron chi connectivity index (χ4n) is 1.81. The van der Waals surface area contributed by atoms with E-state index in [1.807, 2.05) is 0 Å². The van der Waals surface area contributed by atoms with Crippen LogP contribution in [0.15, 0.2) is 42.5 Å². The van der Waals surface area contributed by atoms with Gasteiger partial charge in [0.15, 0.2) is 6.61 Å². The van der Waals surface area contributed by atoms with Crippen LogP contribution in [0.3, 0.4) is 0 Å². The first kappa shape index (κ1) is 16.6. The number of nitrogens with one attached hydrogen (secondary N) is 1. The molecule has 0 aliphatic heterocycles. The van der Waals surface area contributed by atoms with Gasteiger partial charge < -0.3 is 15.2 Å². The van der Waals surface area contributed by atoms with Crippen molar-refractivity contribution in [2.24, 2.45) is 0 Å². The van der Waals surface area contributed by atoms with Crippen LogP contribution in [-0.2, 0) is 4.79 Å². The Hall–Kier alpha value is -1.75. The van der Waals surface area contributed by atoms with Gasteiger partial charge in [-0.1, -0.05) is 35.3 Å². The highest BCUT2D eigenvalue weighted by molar-refractivity contribution is 6.35. The molecule has 2 N–H and O–H groups in total. The zero-order chi connectivity index (χ0) is 16.1. The molecule has 0 bridgehead atoms. The van der Waals surface area contributed by atoms with Crippen LogP contribution < -0.4 is 10.1 Å². The number of hydrogen-bond acceptors (Lipinski definition) is 3. The van der Waals surface area contributed by atoms with Crippen molar-refractivity contribution in [3.05, 3.63) is 58.1 Å². The zero-order valence-electron chi connectivity index (χ0n) is 11.8. The molecule has 0 aliphatic carbocycles. The normalized spacial score (nSPS) is 11.8. The third-order valence-corrected chi connectivity index (χ3v) is 3.44. The van der Waals surface area contributed by atoms with Gasteiger partial charge >= 0.3 is 0 Å². The van der Waals surface area contributed by atoms with Gasteiger partial charge in [0.1, 0.15) is 5.75 Å². The fourth-order valence-corrected chi connectivity index (χ4v) is 2.27. The first-order chi connectivity index (χ1) is 10.5. The minimum absolute atomic E-state index is 0.180. The molecule has 0 spiro atoms. The fraction of sp³-hybridized carbons (Fsp3) is 0.188. The molecule has 0 aliphatic rings. The molecule has 0 saturated carbocycles. The predicted octanol–water partition coefficient (Wildman–Crippen LogP) is 4.06. The minimum Gasteiger partial charge on any atom is -0.482 e. The van der Waals surface area contributed by atoms with E-state index in [0.29, 0.717) is 21.5 Å². The molecule has 0 aromatic heterocycles. The lowest BCUT2D eigenvalue weighted by molar-refractivity contribution is -0.118. The van der Waals surface area contributed by atoms with Crippen LogP contribution in [-0.4, -0.2) is 17.6 Å². The molecule has 1 amide bonds. The van der Waals surface area contributed by atoms with E-state index < -0.39 is 6.10 Å². The van der Waals surface area contributed by atoms with E-state index in [-0.39, 0.29) is 12.5 Å². The number of amides is 1. The molecular weight excluding hydrogens is 325 g/mol. The summed E-state index contributed by atoms with van der Waals surface area (Å²) >= 11 is 11.7.